The molecule has 0 aliphatic carbocycles. The number of anilines is 1. The predicted molar refractivity (Wildman–Crippen MR) is 142 cm³/mol. The van der Waals surface area contributed by atoms with E-state index in [-0.39, 0.29) is 11.5 Å². The maximum absolute atomic E-state index is 12.4. The number of hydrogen-bond acceptors (Lipinski definition) is 6. The number of nitrogens with one attached hydrogen (secondary N) is 2. The molecular formula is C25H34N4O7S. The molecule has 11 nitrogen and oxygen atoms in total. The van der Waals surface area contributed by atoms with Crippen molar-refractivity contribution in [3.05, 3.63) is 71.9 Å². The third-order valence-electron chi connectivity index (χ3n) is 5.97. The van der Waals surface area contributed by atoms with Crippen LogP contribution in [0.15, 0.2) is 60.7 Å². The van der Waals surface area contributed by atoms with Crippen molar-refractivity contribution in [3.63, 3.8) is 0 Å². The number of nitrogens with zero attached hydrogens (tertiary/aromatic N) is 2. The molecule has 0 atom stereocenters. The number of pyridine rings is 1. The molecule has 37 heavy (non-hydrogen) atoms. The molecule has 202 valence electrons. The first-order valence-corrected chi connectivity index (χ1v) is 13.0. The van der Waals surface area contributed by atoms with Crippen LogP contribution in [0.4, 0.5) is 10.5 Å². The van der Waals surface area contributed by atoms with E-state index in [2.05, 4.69) is 32.7 Å². The molecule has 0 saturated carbocycles. The van der Waals surface area contributed by atoms with Crippen molar-refractivity contribution in [1.29, 1.82) is 0 Å². The summed E-state index contributed by atoms with van der Waals surface area (Å²) in [6.07, 6.45) is 2.19. The largest absolute Gasteiger partial charge is 0.412 e. The second kappa shape index (κ2) is 13.4. The van der Waals surface area contributed by atoms with E-state index in [0.717, 1.165) is 54.8 Å². The number of fused-ring (bicyclic) bond motifs is 1. The molecule has 12 heteroatoms. The minimum atomic E-state index is -4.67. The van der Waals surface area contributed by atoms with E-state index in [9.17, 15) is 9.90 Å². The lowest BCUT2D eigenvalue weighted by atomic mass is 9.85. The monoisotopic (exact) mass is 534 g/mol. The molecular weight excluding hydrogens is 500 g/mol. The van der Waals surface area contributed by atoms with Crippen molar-refractivity contribution >= 4 is 33.0 Å². The number of aromatic nitrogens is 1. The van der Waals surface area contributed by atoms with E-state index in [0.29, 0.717) is 13.0 Å². The van der Waals surface area contributed by atoms with Crippen LogP contribution in [0.3, 0.4) is 0 Å². The Bertz CT molecular complexity index is 1260. The average molecular weight is 535 g/mol. The van der Waals surface area contributed by atoms with Crippen LogP contribution in [-0.2, 0) is 16.8 Å². The lowest BCUT2D eigenvalue weighted by Gasteiger charge is -2.38. The summed E-state index contributed by atoms with van der Waals surface area (Å²) < 4.78 is 31.6. The summed E-state index contributed by atoms with van der Waals surface area (Å²) in [5.74, 6) is 0. The summed E-state index contributed by atoms with van der Waals surface area (Å²) in [5, 5.41) is 17.7. The van der Waals surface area contributed by atoms with Gasteiger partial charge in [-0.3, -0.25) is 14.1 Å². The molecule has 7 N–H and O–H groups in total. The van der Waals surface area contributed by atoms with Crippen LogP contribution in [0.25, 0.3) is 10.9 Å². The third kappa shape index (κ3) is 10.4. The number of benzene rings is 2. The molecule has 2 heterocycles. The summed E-state index contributed by atoms with van der Waals surface area (Å²) >= 11 is 0. The maximum atomic E-state index is 12.4. The Morgan fingerprint density at radius 2 is 1.65 bits per heavy atom. The van der Waals surface area contributed by atoms with E-state index in [1.807, 2.05) is 55.5 Å². The minimum absolute atomic E-state index is 0. The van der Waals surface area contributed by atoms with E-state index in [4.69, 9.17) is 17.5 Å². The van der Waals surface area contributed by atoms with Crippen molar-refractivity contribution in [2.45, 2.75) is 31.8 Å². The van der Waals surface area contributed by atoms with Crippen LogP contribution < -0.4 is 10.6 Å². The maximum Gasteiger partial charge on any atom is 0.394 e. The van der Waals surface area contributed by atoms with Gasteiger partial charge in [0, 0.05) is 43.7 Å². The van der Waals surface area contributed by atoms with Crippen LogP contribution in [0.2, 0.25) is 0 Å². The number of amides is 2. The molecule has 2 amide bonds. The molecule has 0 bridgehead atoms. The van der Waals surface area contributed by atoms with Gasteiger partial charge in [0.2, 0.25) is 0 Å². The molecule has 1 aliphatic rings. The first-order valence-electron chi connectivity index (χ1n) is 11.6. The number of carbonyl (C=O) groups is 1. The van der Waals surface area contributed by atoms with Crippen LogP contribution in [0, 0.1) is 6.92 Å². The zero-order chi connectivity index (χ0) is 26.2. The van der Waals surface area contributed by atoms with E-state index < -0.39 is 16.0 Å². The van der Waals surface area contributed by atoms with E-state index in [1.165, 1.54) is 5.56 Å². The quantitative estimate of drug-likeness (QED) is 0.298. The number of carbonyl (C=O) groups excluding carboxylic acids is 1. The van der Waals surface area contributed by atoms with Crippen molar-refractivity contribution in [2.75, 3.05) is 31.5 Å². The van der Waals surface area contributed by atoms with Gasteiger partial charge < -0.3 is 26.1 Å². The molecule has 2 aromatic carbocycles. The summed E-state index contributed by atoms with van der Waals surface area (Å²) in [6.45, 7) is 4.92. The fraction of sp³-hybridized carbons (Fsp3) is 0.360. The molecule has 0 spiro atoms. The van der Waals surface area contributed by atoms with Crippen molar-refractivity contribution in [3.8, 4) is 0 Å². The Kier molecular flexibility index (Phi) is 10.9. The number of para-hydroxylation sites is 1. The fourth-order valence-corrected chi connectivity index (χ4v) is 4.25. The highest BCUT2D eigenvalue weighted by molar-refractivity contribution is 7.79. The Morgan fingerprint density at radius 3 is 2.30 bits per heavy atom. The molecule has 1 aromatic heterocycles. The Hall–Kier alpha value is -3.13. The standard InChI is InChI=1S/C25H30N4O2.H2O4S.H2O/c1-19-17-23(21-9-5-6-10-22(21)27-19)28-24(30)26-13-16-29-14-11-25(31,12-15-29)18-20-7-3-2-4-8-20;1-5(2,3)4;/h2-10,17,31H,11-16,18H2,1H3,(H2,26,27,28,30);(H2,1,2,3,4);1H2. The number of urea groups is 1. The van der Waals surface area contributed by atoms with Crippen LogP contribution in [0.5, 0.6) is 0 Å². The van der Waals surface area contributed by atoms with Gasteiger partial charge in [-0.2, -0.15) is 8.42 Å². The van der Waals surface area contributed by atoms with Gasteiger partial charge in [0.05, 0.1) is 16.8 Å². The van der Waals surface area contributed by atoms with Crippen molar-refractivity contribution < 1.29 is 32.9 Å². The summed E-state index contributed by atoms with van der Waals surface area (Å²) in [4.78, 5) is 19.2. The first-order chi connectivity index (χ1) is 17.0. The van der Waals surface area contributed by atoms with Gasteiger partial charge in [-0.25, -0.2) is 4.79 Å². The van der Waals surface area contributed by atoms with E-state index in [1.54, 1.807) is 0 Å². The number of likely N-dealkylation sites (tertiary alicyclic amines) is 1. The second-order valence-corrected chi connectivity index (χ2v) is 9.78. The van der Waals surface area contributed by atoms with Gasteiger partial charge in [0.1, 0.15) is 0 Å². The topological polar surface area (TPSA) is 184 Å². The smallest absolute Gasteiger partial charge is 0.394 e. The number of piperidine rings is 1. The number of hydrogen-bond donors (Lipinski definition) is 5. The molecule has 3 aromatic rings. The first kappa shape index (κ1) is 30.1. The van der Waals surface area contributed by atoms with Crippen LogP contribution >= 0.6 is 0 Å². The Labute approximate surface area is 216 Å². The van der Waals surface area contributed by atoms with Crippen molar-refractivity contribution in [2.24, 2.45) is 0 Å². The zero-order valence-corrected chi connectivity index (χ0v) is 21.4. The Balaban J connectivity index is 0.000000734. The van der Waals surface area contributed by atoms with Crippen LogP contribution in [0.1, 0.15) is 24.1 Å². The average Bonchev–Trinajstić information content (AvgIpc) is 2.80. The molecule has 0 unspecified atom stereocenters. The molecule has 1 saturated heterocycles. The summed E-state index contributed by atoms with van der Waals surface area (Å²) in [7, 11) is -4.67. The molecule has 4 rings (SSSR count). The van der Waals surface area contributed by atoms with E-state index >= 15 is 0 Å². The highest BCUT2D eigenvalue weighted by Crippen LogP contribution is 2.26. The Morgan fingerprint density at radius 1 is 1.05 bits per heavy atom. The highest BCUT2D eigenvalue weighted by atomic mass is 32.3. The molecule has 1 aliphatic heterocycles. The summed E-state index contributed by atoms with van der Waals surface area (Å²) in [6, 6.07) is 19.6. The second-order valence-electron chi connectivity index (χ2n) is 8.89. The minimum Gasteiger partial charge on any atom is -0.412 e. The SMILES string of the molecule is Cc1cc(NC(=O)NCCN2CCC(O)(Cc3ccccc3)CC2)c2ccccc2n1.O.O=S(=O)(O)O. The molecule has 1 fully saturated rings. The number of aryl methyl sites for hydroxylation is 1. The normalized spacial score (nSPS) is 15.1. The van der Waals surface area contributed by atoms with Crippen LogP contribution in [-0.4, -0.2) is 75.8 Å². The zero-order valence-electron chi connectivity index (χ0n) is 20.6. The van der Waals surface area contributed by atoms with Gasteiger partial charge in [-0.1, -0.05) is 48.5 Å². The van der Waals surface area contributed by atoms with Gasteiger partial charge in [0.15, 0.2) is 0 Å². The van der Waals surface area contributed by atoms with Crippen molar-refractivity contribution in [1.82, 2.24) is 15.2 Å². The molecule has 0 radical (unpaired) electrons. The van der Waals surface area contributed by atoms with Gasteiger partial charge in [0.25, 0.3) is 0 Å². The number of aliphatic hydroxyl groups is 1. The lowest BCUT2D eigenvalue weighted by molar-refractivity contribution is -0.0201. The lowest BCUT2D eigenvalue weighted by Crippen LogP contribution is -2.47. The van der Waals surface area contributed by atoms with Gasteiger partial charge >= 0.3 is 16.4 Å². The highest BCUT2D eigenvalue weighted by Gasteiger charge is 2.32. The predicted octanol–water partition coefficient (Wildman–Crippen LogP) is 2.26. The van der Waals surface area contributed by atoms with Gasteiger partial charge in [-0.15, -0.1) is 0 Å². The van der Waals surface area contributed by atoms with Gasteiger partial charge in [-0.05, 0) is 37.5 Å². The number of rotatable bonds is 6. The fourth-order valence-electron chi connectivity index (χ4n) is 4.25. The summed E-state index contributed by atoms with van der Waals surface area (Å²) in [5.41, 5.74) is 3.04. The third-order valence-corrected chi connectivity index (χ3v) is 5.97.